The lowest BCUT2D eigenvalue weighted by Gasteiger charge is -2.13. The molecule has 0 aliphatic heterocycles. The molecular weight excluding hydrogens is 478 g/mol. The number of nitrogens with one attached hydrogen (secondary N) is 1. The number of ether oxygens (including phenoxy) is 2. The summed E-state index contributed by atoms with van der Waals surface area (Å²) in [5.41, 5.74) is 18.9. The highest BCUT2D eigenvalue weighted by atomic mass is 35.5. The number of hydrogen-bond acceptors (Lipinski definition) is 8. The fraction of sp³-hybridized carbons (Fsp3) is 0.222. The highest BCUT2D eigenvalue weighted by Crippen LogP contribution is 2.32. The zero-order valence-electron chi connectivity index (χ0n) is 20.9. The largest absolute Gasteiger partial charge is 0.491 e. The van der Waals surface area contributed by atoms with Crippen molar-refractivity contribution in [1.29, 1.82) is 5.26 Å². The molecule has 6 N–H and O–H groups in total. The molecule has 0 radical (unpaired) electrons. The number of aryl methyl sites for hydroxylation is 1. The van der Waals surface area contributed by atoms with E-state index in [2.05, 4.69) is 11.5 Å². The predicted octanol–water partition coefficient (Wildman–Crippen LogP) is 5.63. The van der Waals surface area contributed by atoms with Gasteiger partial charge < -0.3 is 20.9 Å². The van der Waals surface area contributed by atoms with Crippen molar-refractivity contribution in [2.45, 2.75) is 20.8 Å². The smallest absolute Gasteiger partial charge is 0.140 e. The van der Waals surface area contributed by atoms with Crippen LogP contribution in [-0.2, 0) is 0 Å². The first-order chi connectivity index (χ1) is 17.3. The van der Waals surface area contributed by atoms with Crippen LogP contribution >= 0.6 is 11.6 Å². The molecule has 36 heavy (non-hydrogen) atoms. The maximum absolute atomic E-state index is 9.47. The SMILES string of the molecule is CC.Cc1cc(Oc2ccc(-c3ccc(/C=C(\N)NN(C)O)c(N)c3)cc2)cc(C#N)c1OCCCl. The van der Waals surface area contributed by atoms with E-state index in [0.717, 1.165) is 27.4 Å². The zero-order chi connectivity index (χ0) is 26.7. The molecular formula is C27H32ClN5O3. The number of nitrogen functional groups attached to an aromatic ring is 1. The average Bonchev–Trinajstić information content (AvgIpc) is 2.85. The van der Waals surface area contributed by atoms with Gasteiger partial charge in [0.15, 0.2) is 0 Å². The van der Waals surface area contributed by atoms with Gasteiger partial charge in [-0.3, -0.25) is 10.6 Å². The van der Waals surface area contributed by atoms with E-state index in [1.807, 2.05) is 69.3 Å². The van der Waals surface area contributed by atoms with Crippen molar-refractivity contribution < 1.29 is 14.7 Å². The number of hydroxylamine groups is 1. The minimum atomic E-state index is 0.249. The van der Waals surface area contributed by atoms with Crippen molar-refractivity contribution in [1.82, 2.24) is 10.6 Å². The molecule has 8 nitrogen and oxygen atoms in total. The van der Waals surface area contributed by atoms with Gasteiger partial charge in [0, 0.05) is 24.4 Å². The number of rotatable bonds is 9. The van der Waals surface area contributed by atoms with Crippen molar-refractivity contribution in [3.63, 3.8) is 0 Å². The molecule has 0 amide bonds. The number of anilines is 1. The van der Waals surface area contributed by atoms with Crippen LogP contribution in [0.3, 0.4) is 0 Å². The summed E-state index contributed by atoms with van der Waals surface area (Å²) in [7, 11) is 1.41. The number of hydrogen-bond donors (Lipinski definition) is 4. The van der Waals surface area contributed by atoms with E-state index in [-0.39, 0.29) is 5.82 Å². The van der Waals surface area contributed by atoms with Crippen LogP contribution in [0.15, 0.2) is 60.4 Å². The van der Waals surface area contributed by atoms with E-state index in [9.17, 15) is 10.5 Å². The molecule has 0 saturated carbocycles. The number of nitriles is 1. The second-order valence-corrected chi connectivity index (χ2v) is 7.85. The van der Waals surface area contributed by atoms with Gasteiger partial charge in [0.25, 0.3) is 0 Å². The summed E-state index contributed by atoms with van der Waals surface area (Å²) in [6.45, 7) is 6.18. The molecule has 0 fully saturated rings. The van der Waals surface area contributed by atoms with Crippen LogP contribution in [0.1, 0.15) is 30.5 Å². The zero-order valence-corrected chi connectivity index (χ0v) is 21.6. The summed E-state index contributed by atoms with van der Waals surface area (Å²) >= 11 is 5.69. The lowest BCUT2D eigenvalue weighted by atomic mass is 10.0. The third-order valence-corrected chi connectivity index (χ3v) is 4.96. The number of hydrazine groups is 1. The molecule has 0 heterocycles. The monoisotopic (exact) mass is 509 g/mol. The Bertz CT molecular complexity index is 1220. The summed E-state index contributed by atoms with van der Waals surface area (Å²) in [4.78, 5) is 0. The van der Waals surface area contributed by atoms with Crippen molar-refractivity contribution in [3.05, 3.63) is 77.1 Å². The van der Waals surface area contributed by atoms with Gasteiger partial charge in [0.05, 0.1) is 11.4 Å². The fourth-order valence-corrected chi connectivity index (χ4v) is 3.42. The fourth-order valence-electron chi connectivity index (χ4n) is 3.34. The molecule has 3 aromatic rings. The Morgan fingerprint density at radius 3 is 2.36 bits per heavy atom. The van der Waals surface area contributed by atoms with Gasteiger partial charge in [-0.2, -0.15) is 5.26 Å². The number of alkyl halides is 1. The van der Waals surface area contributed by atoms with E-state index in [1.54, 1.807) is 12.1 Å². The third kappa shape index (κ3) is 7.82. The van der Waals surface area contributed by atoms with Gasteiger partial charge in [-0.15, -0.1) is 16.8 Å². The highest BCUT2D eigenvalue weighted by Gasteiger charge is 2.11. The van der Waals surface area contributed by atoms with E-state index in [0.29, 0.717) is 41.0 Å². The van der Waals surface area contributed by atoms with Crippen molar-refractivity contribution in [2.24, 2.45) is 5.73 Å². The minimum absolute atomic E-state index is 0.249. The third-order valence-electron chi connectivity index (χ3n) is 4.80. The van der Waals surface area contributed by atoms with Gasteiger partial charge in [-0.25, -0.2) is 0 Å². The summed E-state index contributed by atoms with van der Waals surface area (Å²) in [5.74, 6) is 2.27. The maximum atomic E-state index is 9.47. The van der Waals surface area contributed by atoms with Crippen LogP contribution in [0.25, 0.3) is 17.2 Å². The van der Waals surface area contributed by atoms with Crippen molar-refractivity contribution in [3.8, 4) is 34.4 Å². The number of nitrogens with zero attached hydrogens (tertiary/aromatic N) is 2. The Labute approximate surface area is 217 Å². The molecule has 0 aliphatic rings. The van der Waals surface area contributed by atoms with Crippen LogP contribution in [0.2, 0.25) is 0 Å². The van der Waals surface area contributed by atoms with Crippen molar-refractivity contribution >= 4 is 23.4 Å². The second-order valence-electron chi connectivity index (χ2n) is 7.47. The molecule has 3 rings (SSSR count). The summed E-state index contributed by atoms with van der Waals surface area (Å²) in [5, 5.41) is 19.4. The van der Waals surface area contributed by atoms with E-state index >= 15 is 0 Å². The molecule has 0 aliphatic carbocycles. The van der Waals surface area contributed by atoms with Gasteiger partial charge in [-0.1, -0.05) is 38.1 Å². The van der Waals surface area contributed by atoms with Gasteiger partial charge in [0.1, 0.15) is 35.7 Å². The average molecular weight is 510 g/mol. The standard InChI is InChI=1S/C25H26ClN5O3.C2H6/c1-16-11-22(12-20(15-27)25(16)33-10-9-26)34-21-7-5-17(6-8-21)18-3-4-19(23(28)13-18)14-24(29)30-31(2)32;1-2/h3-8,11-14,30,32H,9-10,28-29H2,1-2H3;1-2H3/b24-14+;. The quantitative estimate of drug-likeness (QED) is 0.166. The second kappa shape index (κ2) is 13.9. The van der Waals surface area contributed by atoms with E-state index in [1.165, 1.54) is 7.05 Å². The van der Waals surface area contributed by atoms with Gasteiger partial charge >= 0.3 is 0 Å². The number of benzene rings is 3. The Balaban J connectivity index is 0.00000222. The highest BCUT2D eigenvalue weighted by molar-refractivity contribution is 6.18. The molecule has 0 bridgehead atoms. The topological polar surface area (TPSA) is 130 Å². The van der Waals surface area contributed by atoms with Crippen LogP contribution in [0.4, 0.5) is 5.69 Å². The minimum Gasteiger partial charge on any atom is -0.491 e. The summed E-state index contributed by atoms with van der Waals surface area (Å²) < 4.78 is 11.5. The van der Waals surface area contributed by atoms with E-state index in [4.69, 9.17) is 32.5 Å². The Morgan fingerprint density at radius 2 is 1.78 bits per heavy atom. The lowest BCUT2D eigenvalue weighted by Crippen LogP contribution is -2.33. The molecule has 190 valence electrons. The van der Waals surface area contributed by atoms with Crippen LogP contribution in [0.5, 0.6) is 17.2 Å². The molecule has 3 aromatic carbocycles. The number of nitrogens with two attached hydrogens (primary N) is 2. The van der Waals surface area contributed by atoms with Gasteiger partial charge in [-0.05, 0) is 54.0 Å². The molecule has 0 saturated heterocycles. The first-order valence-corrected chi connectivity index (χ1v) is 11.9. The van der Waals surface area contributed by atoms with Crippen molar-refractivity contribution in [2.75, 3.05) is 25.3 Å². The van der Waals surface area contributed by atoms with Crippen LogP contribution in [-0.4, -0.2) is 29.9 Å². The van der Waals surface area contributed by atoms with Crippen LogP contribution in [0, 0.1) is 18.3 Å². The maximum Gasteiger partial charge on any atom is 0.140 e. The predicted molar refractivity (Wildman–Crippen MR) is 145 cm³/mol. The first kappa shape index (κ1) is 28.3. The Hall–Kier alpha value is -3.90. The molecule has 0 spiro atoms. The van der Waals surface area contributed by atoms with Crippen LogP contribution < -0.4 is 26.4 Å². The number of halogens is 1. The summed E-state index contributed by atoms with van der Waals surface area (Å²) in [6.07, 6.45) is 1.63. The van der Waals surface area contributed by atoms with Gasteiger partial charge in [0.2, 0.25) is 0 Å². The normalized spacial score (nSPS) is 10.8. The molecule has 0 atom stereocenters. The Morgan fingerprint density at radius 1 is 1.11 bits per heavy atom. The van der Waals surface area contributed by atoms with E-state index < -0.39 is 0 Å². The Kier molecular flexibility index (Phi) is 10.9. The lowest BCUT2D eigenvalue weighted by molar-refractivity contribution is -0.102. The molecule has 0 aromatic heterocycles. The molecule has 9 heteroatoms. The molecule has 0 unspecified atom stereocenters. The summed E-state index contributed by atoms with van der Waals surface area (Å²) in [6, 6.07) is 18.8. The first-order valence-electron chi connectivity index (χ1n) is 11.4.